The number of esters is 3. The summed E-state index contributed by atoms with van der Waals surface area (Å²) in [6.07, 6.45) is 57.0. The normalized spacial score (nSPS) is 12.2. The summed E-state index contributed by atoms with van der Waals surface area (Å²) in [7, 11) is 0. The number of hydrogen-bond donors (Lipinski definition) is 0. The standard InChI is InChI=1S/C54H98O6/c1-4-7-10-13-16-19-22-25-27-30-32-35-38-41-44-47-53(56)59-50-51(49-58-52(55)46-43-40-37-34-31-28-24-21-18-15-12-9-6-3)60-54(57)48-45-42-39-36-33-29-26-23-20-17-14-11-8-5-2/h9,12,15,18,21,24,51H,4-8,10-11,13-14,16-17,19-20,22-23,25-50H2,1-3H3/b12-9-,18-15-,24-21-. The van der Waals surface area contributed by atoms with Crippen LogP contribution >= 0.6 is 0 Å². The Hall–Kier alpha value is -2.37. The van der Waals surface area contributed by atoms with Crippen molar-refractivity contribution in [2.45, 2.75) is 277 Å². The van der Waals surface area contributed by atoms with Crippen LogP contribution in [0, 0.1) is 0 Å². The number of ether oxygens (including phenoxy) is 3. The number of unbranched alkanes of at least 4 members (excludes halogenated alkanes) is 32. The summed E-state index contributed by atoms with van der Waals surface area (Å²) in [6, 6.07) is 0. The molecule has 0 rings (SSSR count). The summed E-state index contributed by atoms with van der Waals surface area (Å²) < 4.78 is 16.8. The second kappa shape index (κ2) is 49.3. The Morgan fingerprint density at radius 3 is 1.00 bits per heavy atom. The molecular weight excluding hydrogens is 745 g/mol. The number of rotatable bonds is 47. The molecule has 0 N–H and O–H groups in total. The molecule has 0 saturated heterocycles. The highest BCUT2D eigenvalue weighted by molar-refractivity contribution is 5.71. The van der Waals surface area contributed by atoms with Crippen molar-refractivity contribution >= 4 is 17.9 Å². The van der Waals surface area contributed by atoms with E-state index < -0.39 is 6.10 Å². The lowest BCUT2D eigenvalue weighted by atomic mass is 10.0. The summed E-state index contributed by atoms with van der Waals surface area (Å²) in [5.41, 5.74) is 0. The van der Waals surface area contributed by atoms with Gasteiger partial charge in [-0.1, -0.05) is 250 Å². The van der Waals surface area contributed by atoms with Crippen molar-refractivity contribution < 1.29 is 28.6 Å². The molecule has 0 amide bonds. The first-order valence-corrected chi connectivity index (χ1v) is 26.0. The SMILES string of the molecule is CC\C=C/C=C\C=C/CCCCCCCC(=O)OCC(COC(=O)CCCCCCCCCCCCCCCCC)OC(=O)CCCCCCCCCCCCCCCC. The van der Waals surface area contributed by atoms with Gasteiger partial charge < -0.3 is 14.2 Å². The Labute approximate surface area is 372 Å². The van der Waals surface area contributed by atoms with Crippen molar-refractivity contribution in [3.8, 4) is 0 Å². The van der Waals surface area contributed by atoms with E-state index >= 15 is 0 Å². The summed E-state index contributed by atoms with van der Waals surface area (Å²) in [5, 5.41) is 0. The molecule has 0 aliphatic carbocycles. The molecule has 350 valence electrons. The molecule has 6 nitrogen and oxygen atoms in total. The molecule has 0 aromatic carbocycles. The van der Waals surface area contributed by atoms with Crippen LogP contribution in [-0.4, -0.2) is 37.2 Å². The van der Waals surface area contributed by atoms with Crippen molar-refractivity contribution in [2.24, 2.45) is 0 Å². The van der Waals surface area contributed by atoms with Crippen molar-refractivity contribution in [3.05, 3.63) is 36.5 Å². The van der Waals surface area contributed by atoms with Gasteiger partial charge in [0.05, 0.1) is 0 Å². The van der Waals surface area contributed by atoms with Crippen molar-refractivity contribution in [3.63, 3.8) is 0 Å². The van der Waals surface area contributed by atoms with Gasteiger partial charge in [-0.05, 0) is 38.5 Å². The molecule has 0 aromatic rings. The third-order valence-corrected chi connectivity index (χ3v) is 11.5. The van der Waals surface area contributed by atoms with Crippen LogP contribution in [0.1, 0.15) is 271 Å². The third kappa shape index (κ3) is 46.7. The molecular formula is C54H98O6. The lowest BCUT2D eigenvalue weighted by Crippen LogP contribution is -2.30. The van der Waals surface area contributed by atoms with Crippen LogP contribution in [0.25, 0.3) is 0 Å². The largest absolute Gasteiger partial charge is 0.462 e. The minimum atomic E-state index is -0.774. The maximum absolute atomic E-state index is 12.8. The summed E-state index contributed by atoms with van der Waals surface area (Å²) in [4.78, 5) is 37.9. The smallest absolute Gasteiger partial charge is 0.306 e. The molecule has 0 heterocycles. The van der Waals surface area contributed by atoms with Gasteiger partial charge in [-0.3, -0.25) is 14.4 Å². The lowest BCUT2D eigenvalue weighted by Gasteiger charge is -2.18. The van der Waals surface area contributed by atoms with Gasteiger partial charge in [0.25, 0.3) is 0 Å². The molecule has 1 atom stereocenters. The van der Waals surface area contributed by atoms with E-state index in [2.05, 4.69) is 57.2 Å². The van der Waals surface area contributed by atoms with Gasteiger partial charge in [-0.25, -0.2) is 0 Å². The average Bonchev–Trinajstić information content (AvgIpc) is 3.24. The molecule has 1 unspecified atom stereocenters. The maximum Gasteiger partial charge on any atom is 0.306 e. The van der Waals surface area contributed by atoms with Gasteiger partial charge in [-0.15, -0.1) is 0 Å². The Bertz CT molecular complexity index is 1020. The topological polar surface area (TPSA) is 78.9 Å². The fraction of sp³-hybridized carbons (Fsp3) is 0.833. The summed E-state index contributed by atoms with van der Waals surface area (Å²) >= 11 is 0. The van der Waals surface area contributed by atoms with Crippen LogP contribution in [-0.2, 0) is 28.6 Å². The van der Waals surface area contributed by atoms with Crippen molar-refractivity contribution in [2.75, 3.05) is 13.2 Å². The zero-order valence-corrected chi connectivity index (χ0v) is 40.0. The van der Waals surface area contributed by atoms with E-state index in [-0.39, 0.29) is 31.1 Å². The first-order chi connectivity index (χ1) is 29.5. The van der Waals surface area contributed by atoms with Gasteiger partial charge in [0.15, 0.2) is 6.10 Å². The van der Waals surface area contributed by atoms with E-state index in [1.807, 2.05) is 0 Å². The zero-order chi connectivity index (χ0) is 43.7. The Kier molecular flexibility index (Phi) is 47.3. The van der Waals surface area contributed by atoms with Crippen LogP contribution in [0.15, 0.2) is 36.5 Å². The predicted octanol–water partition coefficient (Wildman–Crippen LogP) is 16.9. The summed E-state index contributed by atoms with van der Waals surface area (Å²) in [5.74, 6) is -0.883. The number of hydrogen-bond acceptors (Lipinski definition) is 6. The predicted molar refractivity (Wildman–Crippen MR) is 256 cm³/mol. The second-order valence-corrected chi connectivity index (χ2v) is 17.5. The highest BCUT2D eigenvalue weighted by Gasteiger charge is 2.19. The van der Waals surface area contributed by atoms with E-state index in [0.29, 0.717) is 19.3 Å². The quantitative estimate of drug-likeness (QED) is 0.0263. The van der Waals surface area contributed by atoms with Gasteiger partial charge in [-0.2, -0.15) is 0 Å². The number of allylic oxidation sites excluding steroid dienone is 6. The maximum atomic E-state index is 12.8. The van der Waals surface area contributed by atoms with E-state index in [1.165, 1.54) is 148 Å². The fourth-order valence-corrected chi connectivity index (χ4v) is 7.56. The highest BCUT2D eigenvalue weighted by Crippen LogP contribution is 2.16. The van der Waals surface area contributed by atoms with E-state index in [9.17, 15) is 14.4 Å². The average molecular weight is 843 g/mol. The lowest BCUT2D eigenvalue weighted by molar-refractivity contribution is -0.167. The Morgan fingerprint density at radius 2 is 0.650 bits per heavy atom. The minimum absolute atomic E-state index is 0.0744. The minimum Gasteiger partial charge on any atom is -0.462 e. The van der Waals surface area contributed by atoms with Crippen molar-refractivity contribution in [1.29, 1.82) is 0 Å². The van der Waals surface area contributed by atoms with Crippen LogP contribution in [0.3, 0.4) is 0 Å². The van der Waals surface area contributed by atoms with Gasteiger partial charge >= 0.3 is 17.9 Å². The second-order valence-electron chi connectivity index (χ2n) is 17.5. The van der Waals surface area contributed by atoms with Crippen molar-refractivity contribution in [1.82, 2.24) is 0 Å². The highest BCUT2D eigenvalue weighted by atomic mass is 16.6. The van der Waals surface area contributed by atoms with E-state index in [0.717, 1.165) is 83.5 Å². The molecule has 60 heavy (non-hydrogen) atoms. The van der Waals surface area contributed by atoms with Gasteiger partial charge in [0, 0.05) is 19.3 Å². The Balaban J connectivity index is 4.36. The first-order valence-electron chi connectivity index (χ1n) is 26.0. The first kappa shape index (κ1) is 57.6. The van der Waals surface area contributed by atoms with Crippen LogP contribution in [0.5, 0.6) is 0 Å². The zero-order valence-electron chi connectivity index (χ0n) is 40.0. The Morgan fingerprint density at radius 1 is 0.350 bits per heavy atom. The molecule has 0 aliphatic rings. The third-order valence-electron chi connectivity index (χ3n) is 11.5. The molecule has 0 fully saturated rings. The molecule has 0 radical (unpaired) electrons. The molecule has 0 spiro atoms. The molecule has 0 aromatic heterocycles. The molecule has 0 aliphatic heterocycles. The fourth-order valence-electron chi connectivity index (χ4n) is 7.56. The van der Waals surface area contributed by atoms with E-state index in [4.69, 9.17) is 14.2 Å². The molecule has 6 heteroatoms. The monoisotopic (exact) mass is 843 g/mol. The van der Waals surface area contributed by atoms with E-state index in [1.54, 1.807) is 0 Å². The number of carbonyl (C=O) groups excluding carboxylic acids is 3. The molecule has 0 bridgehead atoms. The number of carbonyl (C=O) groups is 3. The van der Waals surface area contributed by atoms with Crippen LogP contribution in [0.4, 0.5) is 0 Å². The van der Waals surface area contributed by atoms with Crippen LogP contribution in [0.2, 0.25) is 0 Å². The van der Waals surface area contributed by atoms with Gasteiger partial charge in [0.2, 0.25) is 0 Å². The summed E-state index contributed by atoms with van der Waals surface area (Å²) in [6.45, 7) is 6.52. The molecule has 0 saturated carbocycles. The van der Waals surface area contributed by atoms with Crippen LogP contribution < -0.4 is 0 Å². The van der Waals surface area contributed by atoms with Gasteiger partial charge in [0.1, 0.15) is 13.2 Å².